The Morgan fingerprint density at radius 3 is 2.58 bits per heavy atom. The number of hydrogen-bond acceptors (Lipinski definition) is 4. The van der Waals surface area contributed by atoms with Crippen LogP contribution in [-0.4, -0.2) is 58.3 Å². The van der Waals surface area contributed by atoms with Gasteiger partial charge in [-0.2, -0.15) is 12.6 Å². The summed E-state index contributed by atoms with van der Waals surface area (Å²) in [5, 5.41) is 0.128. The Morgan fingerprint density at radius 2 is 2.05 bits per heavy atom. The van der Waals surface area contributed by atoms with E-state index in [4.69, 9.17) is 4.74 Å². The van der Waals surface area contributed by atoms with Crippen molar-refractivity contribution in [2.45, 2.75) is 50.5 Å². The van der Waals surface area contributed by atoms with Crippen LogP contribution in [0.3, 0.4) is 0 Å². The highest BCUT2D eigenvalue weighted by Crippen LogP contribution is 2.25. The fourth-order valence-electron chi connectivity index (χ4n) is 2.55. The second-order valence-corrected chi connectivity index (χ2v) is 7.00. The minimum atomic E-state index is -0.477. The molecule has 2 saturated heterocycles. The molecule has 0 N–H and O–H groups in total. The van der Waals surface area contributed by atoms with E-state index in [0.717, 1.165) is 6.42 Å². The number of nitrogens with zero attached hydrogens (tertiary/aromatic N) is 2. The average Bonchev–Trinajstić information content (AvgIpc) is 2.82. The third kappa shape index (κ3) is 3.55. The molecular formula is C13H22N2O3S. The van der Waals surface area contributed by atoms with E-state index in [9.17, 15) is 9.59 Å². The fourth-order valence-corrected chi connectivity index (χ4v) is 2.89. The van der Waals surface area contributed by atoms with Crippen molar-refractivity contribution in [3.63, 3.8) is 0 Å². The molecule has 2 unspecified atom stereocenters. The van der Waals surface area contributed by atoms with E-state index in [0.29, 0.717) is 26.1 Å². The summed E-state index contributed by atoms with van der Waals surface area (Å²) in [6.07, 6.45) is 1.04. The highest BCUT2D eigenvalue weighted by atomic mass is 32.1. The van der Waals surface area contributed by atoms with E-state index in [1.165, 1.54) is 0 Å². The molecule has 6 heteroatoms. The molecule has 0 radical (unpaired) electrons. The maximum Gasteiger partial charge on any atom is 0.410 e. The predicted molar refractivity (Wildman–Crippen MR) is 75.3 cm³/mol. The van der Waals surface area contributed by atoms with Crippen molar-refractivity contribution < 1.29 is 14.3 Å². The summed E-state index contributed by atoms with van der Waals surface area (Å²) in [5.74, 6) is 0.149. The first-order valence-corrected chi connectivity index (χ1v) is 7.23. The van der Waals surface area contributed by atoms with Gasteiger partial charge in [0.25, 0.3) is 0 Å². The summed E-state index contributed by atoms with van der Waals surface area (Å²) >= 11 is 4.36. The van der Waals surface area contributed by atoms with Crippen molar-refractivity contribution in [1.29, 1.82) is 0 Å². The van der Waals surface area contributed by atoms with Gasteiger partial charge in [0, 0.05) is 31.3 Å². The van der Waals surface area contributed by atoms with Gasteiger partial charge in [0.05, 0.1) is 6.04 Å². The lowest BCUT2D eigenvalue weighted by atomic mass is 10.2. The van der Waals surface area contributed by atoms with E-state index in [-0.39, 0.29) is 23.3 Å². The molecule has 2 aliphatic heterocycles. The molecule has 2 fully saturated rings. The van der Waals surface area contributed by atoms with Crippen LogP contribution in [0.5, 0.6) is 0 Å². The standard InChI is InChI=1S/C13H22N2O3S/c1-13(2,3)18-12(17)14-5-4-9(7-14)15-8-10(19)6-11(15)16/h9-10,19H,4-8H2,1-3H3. The molecule has 2 atom stereocenters. The van der Waals surface area contributed by atoms with E-state index >= 15 is 0 Å². The van der Waals surface area contributed by atoms with Gasteiger partial charge >= 0.3 is 6.09 Å². The Bertz CT molecular complexity index is 381. The van der Waals surface area contributed by atoms with Crippen LogP contribution < -0.4 is 0 Å². The summed E-state index contributed by atoms with van der Waals surface area (Å²) in [6, 6.07) is 0.122. The second-order valence-electron chi connectivity index (χ2n) is 6.27. The third-order valence-electron chi connectivity index (χ3n) is 3.39. The van der Waals surface area contributed by atoms with Gasteiger partial charge in [-0.05, 0) is 27.2 Å². The minimum Gasteiger partial charge on any atom is -0.444 e. The Hall–Kier alpha value is -0.910. The number of thiol groups is 1. The molecule has 2 amide bonds. The number of carbonyl (C=O) groups is 2. The molecule has 0 aromatic heterocycles. The fraction of sp³-hybridized carbons (Fsp3) is 0.846. The van der Waals surface area contributed by atoms with Crippen molar-refractivity contribution in [1.82, 2.24) is 9.80 Å². The molecule has 19 heavy (non-hydrogen) atoms. The Balaban J connectivity index is 1.90. The van der Waals surface area contributed by atoms with Crippen LogP contribution in [0.2, 0.25) is 0 Å². The second kappa shape index (κ2) is 5.23. The zero-order valence-corrected chi connectivity index (χ0v) is 12.7. The van der Waals surface area contributed by atoms with Crippen molar-refractivity contribution in [3.05, 3.63) is 0 Å². The van der Waals surface area contributed by atoms with Gasteiger partial charge in [-0.25, -0.2) is 4.79 Å². The molecule has 0 aromatic carbocycles. The molecular weight excluding hydrogens is 264 g/mol. The highest BCUT2D eigenvalue weighted by molar-refractivity contribution is 7.81. The predicted octanol–water partition coefficient (Wildman–Crippen LogP) is 1.53. The SMILES string of the molecule is CC(C)(C)OC(=O)N1CCC(N2CC(S)CC2=O)C1. The molecule has 2 rings (SSSR count). The minimum absolute atomic E-state index is 0.122. The van der Waals surface area contributed by atoms with Crippen molar-refractivity contribution in [2.24, 2.45) is 0 Å². The summed E-state index contributed by atoms with van der Waals surface area (Å²) in [4.78, 5) is 27.3. The number of amides is 2. The van der Waals surface area contributed by atoms with Crippen molar-refractivity contribution >= 4 is 24.6 Å². The maximum atomic E-state index is 12.0. The Kier molecular flexibility index (Phi) is 3.99. The molecule has 0 bridgehead atoms. The lowest BCUT2D eigenvalue weighted by Crippen LogP contribution is -2.41. The summed E-state index contributed by atoms with van der Waals surface area (Å²) < 4.78 is 5.35. The van der Waals surface area contributed by atoms with Gasteiger partial charge in [-0.3, -0.25) is 4.79 Å². The average molecular weight is 286 g/mol. The van der Waals surface area contributed by atoms with Crippen LogP contribution in [-0.2, 0) is 9.53 Å². The zero-order valence-electron chi connectivity index (χ0n) is 11.8. The van der Waals surface area contributed by atoms with Gasteiger partial charge in [-0.1, -0.05) is 0 Å². The van der Waals surface area contributed by atoms with Crippen LogP contribution >= 0.6 is 12.6 Å². The molecule has 5 nitrogen and oxygen atoms in total. The molecule has 108 valence electrons. The van der Waals surface area contributed by atoms with E-state index in [1.54, 1.807) is 4.90 Å². The normalized spacial score (nSPS) is 28.1. The van der Waals surface area contributed by atoms with Gasteiger partial charge in [0.1, 0.15) is 5.60 Å². The maximum absolute atomic E-state index is 12.0. The summed E-state index contributed by atoms with van der Waals surface area (Å²) in [6.45, 7) is 7.48. The van der Waals surface area contributed by atoms with Crippen molar-refractivity contribution in [3.8, 4) is 0 Å². The number of ether oxygens (including phenoxy) is 1. The zero-order chi connectivity index (χ0) is 14.2. The molecule has 2 heterocycles. The smallest absolute Gasteiger partial charge is 0.410 e. The monoisotopic (exact) mass is 286 g/mol. The van der Waals surface area contributed by atoms with Crippen molar-refractivity contribution in [2.75, 3.05) is 19.6 Å². The molecule has 0 aromatic rings. The first kappa shape index (κ1) is 14.5. The third-order valence-corrected chi connectivity index (χ3v) is 3.74. The summed E-state index contributed by atoms with van der Waals surface area (Å²) in [5.41, 5.74) is -0.477. The topological polar surface area (TPSA) is 49.9 Å². The van der Waals surface area contributed by atoms with Crippen LogP contribution in [0.15, 0.2) is 0 Å². The van der Waals surface area contributed by atoms with Crippen LogP contribution in [0.4, 0.5) is 4.79 Å². The van der Waals surface area contributed by atoms with Gasteiger partial charge in [0.15, 0.2) is 0 Å². The first-order chi connectivity index (χ1) is 8.76. The quantitative estimate of drug-likeness (QED) is 0.744. The summed E-state index contributed by atoms with van der Waals surface area (Å²) in [7, 11) is 0. The first-order valence-electron chi connectivity index (χ1n) is 6.72. The van der Waals surface area contributed by atoms with E-state index in [2.05, 4.69) is 12.6 Å². The molecule has 2 aliphatic rings. The van der Waals surface area contributed by atoms with Crippen LogP contribution in [0.25, 0.3) is 0 Å². The van der Waals surface area contributed by atoms with Gasteiger partial charge in [0.2, 0.25) is 5.91 Å². The number of hydrogen-bond donors (Lipinski definition) is 1. The lowest BCUT2D eigenvalue weighted by Gasteiger charge is -2.26. The number of rotatable bonds is 1. The Morgan fingerprint density at radius 1 is 1.37 bits per heavy atom. The molecule has 0 aliphatic carbocycles. The van der Waals surface area contributed by atoms with Crippen LogP contribution in [0, 0.1) is 0 Å². The molecule has 0 saturated carbocycles. The number of likely N-dealkylation sites (tertiary alicyclic amines) is 2. The largest absolute Gasteiger partial charge is 0.444 e. The highest BCUT2D eigenvalue weighted by Gasteiger charge is 2.38. The lowest BCUT2D eigenvalue weighted by molar-refractivity contribution is -0.129. The van der Waals surface area contributed by atoms with Gasteiger partial charge in [-0.15, -0.1) is 0 Å². The van der Waals surface area contributed by atoms with E-state index in [1.807, 2.05) is 25.7 Å². The Labute approximate surface area is 119 Å². The number of carbonyl (C=O) groups excluding carboxylic acids is 2. The molecule has 0 spiro atoms. The van der Waals surface area contributed by atoms with E-state index < -0.39 is 5.60 Å². The van der Waals surface area contributed by atoms with Gasteiger partial charge < -0.3 is 14.5 Å². The van der Waals surface area contributed by atoms with Crippen LogP contribution in [0.1, 0.15) is 33.6 Å².